The highest BCUT2D eigenvalue weighted by atomic mass is 32.2. The second-order valence-corrected chi connectivity index (χ2v) is 10.2. The predicted octanol–water partition coefficient (Wildman–Crippen LogP) is 6.59. The Morgan fingerprint density at radius 3 is 2.42 bits per heavy atom. The Balaban J connectivity index is 1.56. The maximum Gasteiger partial charge on any atom is 0.573 e. The van der Waals surface area contributed by atoms with Gasteiger partial charge in [0.25, 0.3) is 5.91 Å². The summed E-state index contributed by atoms with van der Waals surface area (Å²) in [6.07, 6.45) is -3.56. The van der Waals surface area contributed by atoms with Gasteiger partial charge in [-0.3, -0.25) is 14.5 Å². The van der Waals surface area contributed by atoms with E-state index in [0.717, 1.165) is 22.2 Å². The largest absolute Gasteiger partial charge is 0.573 e. The zero-order chi connectivity index (χ0) is 28.9. The van der Waals surface area contributed by atoms with Crippen LogP contribution in [0.1, 0.15) is 29.7 Å². The smallest absolute Gasteiger partial charge is 0.485 e. The minimum absolute atomic E-state index is 0.0373. The average molecular weight is 590 g/mol. The van der Waals surface area contributed by atoms with E-state index in [4.69, 9.17) is 26.8 Å². The van der Waals surface area contributed by atoms with Crippen molar-refractivity contribution in [3.8, 4) is 17.2 Å². The highest BCUT2D eigenvalue weighted by Crippen LogP contribution is 2.37. The number of ether oxygens (including phenoxy) is 3. The van der Waals surface area contributed by atoms with Gasteiger partial charge in [0.1, 0.15) is 29.3 Å². The summed E-state index contributed by atoms with van der Waals surface area (Å²) in [7, 11) is 0. The Labute approximate surface area is 237 Å². The van der Waals surface area contributed by atoms with Gasteiger partial charge in [0.2, 0.25) is 0 Å². The molecule has 40 heavy (non-hydrogen) atoms. The summed E-state index contributed by atoms with van der Waals surface area (Å²) < 4.78 is 53.5. The molecule has 0 unspecified atom stereocenters. The predicted molar refractivity (Wildman–Crippen MR) is 147 cm³/mol. The molecule has 1 fully saturated rings. The summed E-state index contributed by atoms with van der Waals surface area (Å²) in [6, 6.07) is 19.8. The standard InChI is InChI=1S/C28H22F3NO6S2/c1-17(20-5-3-2-4-6-20)37-23-13-19(14-24-26(35)32(15-25(33)34)27(39)40-24)9-12-22(23)36-16-18-7-10-21(11-8-18)38-28(29,30)31/h2-14,17H,15-16H2,1H3,(H,33,34)/b24-14+/t17-/m1/s1. The van der Waals surface area contributed by atoms with Crippen molar-refractivity contribution in [2.75, 3.05) is 6.54 Å². The molecular formula is C28H22F3NO6S2. The maximum atomic E-state index is 12.7. The quantitative estimate of drug-likeness (QED) is 0.210. The molecule has 1 aliphatic rings. The first-order valence-electron chi connectivity index (χ1n) is 11.8. The van der Waals surface area contributed by atoms with Crippen molar-refractivity contribution in [2.45, 2.75) is 26.0 Å². The number of hydrogen-bond acceptors (Lipinski definition) is 7. The molecule has 3 aromatic rings. The van der Waals surface area contributed by atoms with Gasteiger partial charge >= 0.3 is 12.3 Å². The Bertz CT molecular complexity index is 1430. The Morgan fingerprint density at radius 2 is 1.77 bits per heavy atom. The van der Waals surface area contributed by atoms with Crippen LogP contribution >= 0.6 is 24.0 Å². The van der Waals surface area contributed by atoms with Crippen LogP contribution in [0.25, 0.3) is 6.08 Å². The van der Waals surface area contributed by atoms with Crippen LogP contribution in [0, 0.1) is 0 Å². The molecule has 1 heterocycles. The van der Waals surface area contributed by atoms with Gasteiger partial charge in [0.05, 0.1) is 4.91 Å². The number of carbonyl (C=O) groups is 2. The SMILES string of the molecule is C[C@@H](Oc1cc(/C=C2/SC(=S)N(CC(=O)O)C2=O)ccc1OCc1ccc(OC(F)(F)F)cc1)c1ccccc1. The lowest BCUT2D eigenvalue weighted by molar-refractivity contribution is -0.274. The van der Waals surface area contributed by atoms with Crippen molar-refractivity contribution < 1.29 is 42.1 Å². The number of thioether (sulfide) groups is 1. The average Bonchev–Trinajstić information content (AvgIpc) is 3.15. The van der Waals surface area contributed by atoms with E-state index in [2.05, 4.69) is 4.74 Å². The molecule has 1 N–H and O–H groups in total. The van der Waals surface area contributed by atoms with Crippen LogP contribution in [0.15, 0.2) is 77.7 Å². The first kappa shape index (κ1) is 29.0. The van der Waals surface area contributed by atoms with E-state index in [9.17, 15) is 22.8 Å². The lowest BCUT2D eigenvalue weighted by atomic mass is 10.1. The number of hydrogen-bond donors (Lipinski definition) is 1. The summed E-state index contributed by atoms with van der Waals surface area (Å²) in [6.45, 7) is 1.37. The molecule has 1 saturated heterocycles. The fourth-order valence-corrected chi connectivity index (χ4v) is 4.93. The van der Waals surface area contributed by atoms with Gasteiger partial charge in [-0.25, -0.2) is 0 Å². The van der Waals surface area contributed by atoms with Crippen molar-refractivity contribution in [1.82, 2.24) is 4.90 Å². The molecule has 12 heteroatoms. The van der Waals surface area contributed by atoms with Crippen LogP contribution in [-0.2, 0) is 16.2 Å². The lowest BCUT2D eigenvalue weighted by Crippen LogP contribution is -2.33. The van der Waals surface area contributed by atoms with Crippen LogP contribution in [0.5, 0.6) is 17.2 Å². The molecule has 3 aromatic carbocycles. The van der Waals surface area contributed by atoms with Gasteiger partial charge in [0.15, 0.2) is 11.5 Å². The topological polar surface area (TPSA) is 85.3 Å². The number of thiocarbonyl (C=S) groups is 1. The second kappa shape index (κ2) is 12.4. The van der Waals surface area contributed by atoms with Crippen LogP contribution in [0.2, 0.25) is 0 Å². The van der Waals surface area contributed by atoms with Crippen LogP contribution in [-0.4, -0.2) is 39.1 Å². The summed E-state index contributed by atoms with van der Waals surface area (Å²) in [5, 5.41) is 9.06. The van der Waals surface area contributed by atoms with E-state index < -0.39 is 24.8 Å². The van der Waals surface area contributed by atoms with Crippen molar-refractivity contribution >= 4 is 46.3 Å². The minimum atomic E-state index is -4.78. The number of carboxylic acid groups (broad SMARTS) is 1. The normalized spacial score (nSPS) is 15.3. The van der Waals surface area contributed by atoms with E-state index >= 15 is 0 Å². The molecule has 208 valence electrons. The molecule has 0 spiro atoms. The van der Waals surface area contributed by atoms with Gasteiger partial charge in [-0.2, -0.15) is 0 Å². The summed E-state index contributed by atoms with van der Waals surface area (Å²) in [5.74, 6) is -1.28. The van der Waals surface area contributed by atoms with Gasteiger partial charge in [0, 0.05) is 0 Å². The molecule has 0 aliphatic carbocycles. The second-order valence-electron chi connectivity index (χ2n) is 8.52. The van der Waals surface area contributed by atoms with E-state index in [1.54, 1.807) is 24.3 Å². The van der Waals surface area contributed by atoms with Crippen LogP contribution in [0.4, 0.5) is 13.2 Å². The van der Waals surface area contributed by atoms with Gasteiger partial charge in [-0.15, -0.1) is 13.2 Å². The Hall–Kier alpha value is -4.03. The zero-order valence-electron chi connectivity index (χ0n) is 20.9. The van der Waals surface area contributed by atoms with Crippen molar-refractivity contribution in [1.29, 1.82) is 0 Å². The Morgan fingerprint density at radius 1 is 1.07 bits per heavy atom. The van der Waals surface area contributed by atoms with Gasteiger partial charge in [-0.1, -0.05) is 72.5 Å². The number of carboxylic acids is 1. The number of aliphatic carboxylic acids is 1. The van der Waals surface area contributed by atoms with E-state index in [0.29, 0.717) is 22.6 Å². The fraction of sp³-hybridized carbons (Fsp3) is 0.179. The lowest BCUT2D eigenvalue weighted by Gasteiger charge is -2.19. The monoisotopic (exact) mass is 589 g/mol. The zero-order valence-corrected chi connectivity index (χ0v) is 22.5. The molecule has 0 saturated carbocycles. The molecule has 1 aliphatic heterocycles. The third kappa shape index (κ3) is 7.76. The number of amides is 1. The molecule has 7 nitrogen and oxygen atoms in total. The number of nitrogens with zero attached hydrogens (tertiary/aromatic N) is 1. The van der Waals surface area contributed by atoms with Gasteiger partial charge < -0.3 is 19.3 Å². The molecule has 1 atom stereocenters. The third-order valence-corrected chi connectivity index (χ3v) is 6.93. The van der Waals surface area contributed by atoms with E-state index in [1.165, 1.54) is 24.3 Å². The number of halogens is 3. The third-order valence-electron chi connectivity index (χ3n) is 5.56. The van der Waals surface area contributed by atoms with Crippen LogP contribution < -0.4 is 14.2 Å². The summed E-state index contributed by atoms with van der Waals surface area (Å²) in [5.41, 5.74) is 2.10. The molecule has 0 bridgehead atoms. The Kier molecular flexibility index (Phi) is 9.00. The molecule has 4 rings (SSSR count). The minimum Gasteiger partial charge on any atom is -0.485 e. The van der Waals surface area contributed by atoms with Crippen molar-refractivity contribution in [3.63, 3.8) is 0 Å². The number of carbonyl (C=O) groups excluding carboxylic acids is 1. The number of benzene rings is 3. The van der Waals surface area contributed by atoms with Crippen molar-refractivity contribution in [2.24, 2.45) is 0 Å². The maximum absolute atomic E-state index is 12.7. The van der Waals surface area contributed by atoms with E-state index in [1.807, 2.05) is 37.3 Å². The molecule has 0 radical (unpaired) electrons. The fourth-order valence-electron chi connectivity index (χ4n) is 3.68. The highest BCUT2D eigenvalue weighted by Gasteiger charge is 2.33. The summed E-state index contributed by atoms with van der Waals surface area (Å²) >= 11 is 6.16. The molecule has 0 aromatic heterocycles. The van der Waals surface area contributed by atoms with E-state index in [-0.39, 0.29) is 27.7 Å². The summed E-state index contributed by atoms with van der Waals surface area (Å²) in [4.78, 5) is 25.1. The number of rotatable bonds is 10. The van der Waals surface area contributed by atoms with Gasteiger partial charge in [-0.05, 0) is 54.0 Å². The van der Waals surface area contributed by atoms with Crippen molar-refractivity contribution in [3.05, 3.63) is 94.4 Å². The van der Waals surface area contributed by atoms with Crippen LogP contribution in [0.3, 0.4) is 0 Å². The first-order valence-corrected chi connectivity index (χ1v) is 13.0. The molecule has 1 amide bonds. The first-order chi connectivity index (χ1) is 19.0. The highest BCUT2D eigenvalue weighted by molar-refractivity contribution is 8.26. The number of alkyl halides is 3. The molecular weight excluding hydrogens is 567 g/mol.